The van der Waals surface area contributed by atoms with E-state index in [9.17, 15) is 0 Å². The minimum atomic E-state index is 0.616. The van der Waals surface area contributed by atoms with E-state index >= 15 is 0 Å². The summed E-state index contributed by atoms with van der Waals surface area (Å²) in [6, 6.07) is 63.8. The van der Waals surface area contributed by atoms with E-state index in [0.717, 1.165) is 49.8 Å². The summed E-state index contributed by atoms with van der Waals surface area (Å²) < 4.78 is 2.47. The molecule has 0 saturated heterocycles. The number of para-hydroxylation sites is 1. The maximum absolute atomic E-state index is 5.68. The number of aromatic nitrogens is 4. The molecular weight excluding hydrogens is 689 g/mol. The van der Waals surface area contributed by atoms with Crippen LogP contribution in [0.15, 0.2) is 182 Å². The normalized spacial score (nSPS) is 11.6. The lowest BCUT2D eigenvalue weighted by molar-refractivity contribution is 1.07. The number of hydrogen-bond donors (Lipinski definition) is 0. The third kappa shape index (κ3) is 5.28. The Morgan fingerprint density at radius 2 is 0.891 bits per heavy atom. The number of hydrogen-bond acceptors (Lipinski definition) is 5. The van der Waals surface area contributed by atoms with E-state index in [2.05, 4.69) is 121 Å². The largest absolute Gasteiger partial charge is 0.246 e. The van der Waals surface area contributed by atoms with Crippen molar-refractivity contribution >= 4 is 64.0 Å². The fraction of sp³-hybridized carbons (Fsp3) is 0. The van der Waals surface area contributed by atoms with Crippen LogP contribution in [0.3, 0.4) is 0 Å². The summed E-state index contributed by atoms with van der Waals surface area (Å²) in [5, 5.41) is 8.45. The quantitative estimate of drug-likeness (QED) is 0.166. The van der Waals surface area contributed by atoms with Crippen molar-refractivity contribution in [1.29, 1.82) is 0 Å². The van der Waals surface area contributed by atoms with Crippen LogP contribution in [0.4, 0.5) is 0 Å². The molecule has 0 fully saturated rings. The second kappa shape index (κ2) is 12.8. The first-order chi connectivity index (χ1) is 27.3. The van der Waals surface area contributed by atoms with Gasteiger partial charge in [0.1, 0.15) is 0 Å². The van der Waals surface area contributed by atoms with Gasteiger partial charge in [-0.25, -0.2) is 19.9 Å². The van der Waals surface area contributed by atoms with Gasteiger partial charge in [0.05, 0.1) is 11.2 Å². The first-order valence-corrected chi connectivity index (χ1v) is 19.2. The molecule has 0 saturated carbocycles. The lowest BCUT2D eigenvalue weighted by Gasteiger charge is -2.15. The highest BCUT2D eigenvalue weighted by atomic mass is 32.1. The predicted molar refractivity (Wildman–Crippen MR) is 230 cm³/mol. The lowest BCUT2D eigenvalue weighted by atomic mass is 9.91. The van der Waals surface area contributed by atoms with Crippen molar-refractivity contribution in [1.82, 2.24) is 19.9 Å². The monoisotopic (exact) mass is 718 g/mol. The van der Waals surface area contributed by atoms with Gasteiger partial charge in [-0.3, -0.25) is 0 Å². The van der Waals surface area contributed by atoms with Crippen LogP contribution in [0, 0.1) is 0 Å². The fourth-order valence-corrected chi connectivity index (χ4v) is 9.16. The summed E-state index contributed by atoms with van der Waals surface area (Å²) in [4.78, 5) is 20.7. The standard InChI is InChI=1S/C50H30N4S/c1-3-15-31(16-4-1)48-52-49(32-17-5-2-6-18-32)54-50(53-48)35-21-13-20-34(29-35)45-44-40-25-11-12-28-43(40)55-47(44)41-27-14-26-39(46(41)51-45)42-30-33-19-7-8-22-36(33)37-23-9-10-24-38(37)42/h1-30H. The third-order valence-electron chi connectivity index (χ3n) is 10.5. The minimum absolute atomic E-state index is 0.616. The zero-order valence-corrected chi connectivity index (χ0v) is 30.3. The zero-order valence-electron chi connectivity index (χ0n) is 29.5. The zero-order chi connectivity index (χ0) is 36.3. The molecule has 0 aliphatic rings. The van der Waals surface area contributed by atoms with Gasteiger partial charge in [0, 0.05) is 53.4 Å². The first-order valence-electron chi connectivity index (χ1n) is 18.4. The van der Waals surface area contributed by atoms with Crippen molar-refractivity contribution in [3.05, 3.63) is 182 Å². The van der Waals surface area contributed by atoms with Gasteiger partial charge in [0.15, 0.2) is 17.5 Å². The average molecular weight is 719 g/mol. The molecule has 4 nitrogen and oxygen atoms in total. The minimum Gasteiger partial charge on any atom is -0.246 e. The molecule has 0 aliphatic heterocycles. The number of rotatable bonds is 5. The molecule has 11 aromatic rings. The summed E-state index contributed by atoms with van der Waals surface area (Å²) in [7, 11) is 0. The van der Waals surface area contributed by atoms with E-state index in [-0.39, 0.29) is 0 Å². The molecule has 0 amide bonds. The number of pyridine rings is 1. The molecule has 0 unspecified atom stereocenters. The van der Waals surface area contributed by atoms with Crippen LogP contribution in [0.2, 0.25) is 0 Å². The molecule has 0 aliphatic carbocycles. The molecule has 0 bridgehead atoms. The first kappa shape index (κ1) is 31.4. The molecule has 0 radical (unpaired) electrons. The van der Waals surface area contributed by atoms with Gasteiger partial charge < -0.3 is 0 Å². The van der Waals surface area contributed by atoms with Crippen molar-refractivity contribution < 1.29 is 0 Å². The van der Waals surface area contributed by atoms with Crippen LogP contribution in [0.25, 0.3) is 109 Å². The highest BCUT2D eigenvalue weighted by molar-refractivity contribution is 7.26. The van der Waals surface area contributed by atoms with Gasteiger partial charge in [0.2, 0.25) is 0 Å². The van der Waals surface area contributed by atoms with Crippen molar-refractivity contribution in [2.45, 2.75) is 0 Å². The Balaban J connectivity index is 1.17. The summed E-state index contributed by atoms with van der Waals surface area (Å²) in [6.45, 7) is 0. The number of benzene rings is 8. The molecule has 11 rings (SSSR count). The molecule has 0 N–H and O–H groups in total. The van der Waals surface area contributed by atoms with E-state index in [4.69, 9.17) is 19.9 Å². The molecular formula is C50H30N4S. The Kier molecular flexibility index (Phi) is 7.32. The number of thiophene rings is 1. The second-order valence-electron chi connectivity index (χ2n) is 13.8. The molecule has 55 heavy (non-hydrogen) atoms. The average Bonchev–Trinajstić information content (AvgIpc) is 3.66. The van der Waals surface area contributed by atoms with Crippen LogP contribution >= 0.6 is 11.3 Å². The molecule has 0 spiro atoms. The van der Waals surface area contributed by atoms with Gasteiger partial charge in [-0.2, -0.15) is 0 Å². The highest BCUT2D eigenvalue weighted by Crippen LogP contribution is 2.46. The maximum atomic E-state index is 5.68. The number of fused-ring (bicyclic) bond motifs is 8. The highest BCUT2D eigenvalue weighted by Gasteiger charge is 2.21. The van der Waals surface area contributed by atoms with Gasteiger partial charge in [-0.15, -0.1) is 11.3 Å². The van der Waals surface area contributed by atoms with Crippen molar-refractivity contribution in [3.8, 4) is 56.5 Å². The van der Waals surface area contributed by atoms with Crippen molar-refractivity contribution in [2.24, 2.45) is 0 Å². The topological polar surface area (TPSA) is 51.6 Å². The molecule has 8 aromatic carbocycles. The summed E-state index contributed by atoms with van der Waals surface area (Å²) in [6.07, 6.45) is 0. The Hall–Kier alpha value is -7.08. The molecule has 5 heteroatoms. The van der Waals surface area contributed by atoms with E-state index in [1.807, 2.05) is 72.0 Å². The van der Waals surface area contributed by atoms with Gasteiger partial charge >= 0.3 is 0 Å². The van der Waals surface area contributed by atoms with Crippen LogP contribution in [-0.2, 0) is 0 Å². The fourth-order valence-electron chi connectivity index (χ4n) is 7.93. The van der Waals surface area contributed by atoms with E-state index in [1.54, 1.807) is 0 Å². The Morgan fingerprint density at radius 3 is 1.64 bits per heavy atom. The van der Waals surface area contributed by atoms with E-state index < -0.39 is 0 Å². The van der Waals surface area contributed by atoms with Gasteiger partial charge in [0.25, 0.3) is 0 Å². The Labute approximate surface area is 321 Å². The Bertz CT molecular complexity index is 3210. The van der Waals surface area contributed by atoms with Gasteiger partial charge in [-0.1, -0.05) is 164 Å². The second-order valence-corrected chi connectivity index (χ2v) is 14.8. The van der Waals surface area contributed by atoms with Crippen LogP contribution in [0.5, 0.6) is 0 Å². The lowest BCUT2D eigenvalue weighted by Crippen LogP contribution is -2.00. The van der Waals surface area contributed by atoms with Crippen molar-refractivity contribution in [2.75, 3.05) is 0 Å². The van der Waals surface area contributed by atoms with Crippen LogP contribution in [-0.4, -0.2) is 19.9 Å². The molecule has 256 valence electrons. The van der Waals surface area contributed by atoms with Crippen LogP contribution in [0.1, 0.15) is 0 Å². The molecule has 3 heterocycles. The SMILES string of the molecule is c1ccc(-c2nc(-c3ccccc3)nc(-c3cccc(-c4nc5c(-c6cc7ccccc7c7ccccc67)cccc5c5sc6ccccc6c45)c3)n2)cc1. The molecule has 0 atom stereocenters. The molecule has 3 aromatic heterocycles. The Morgan fingerprint density at radius 1 is 0.345 bits per heavy atom. The summed E-state index contributed by atoms with van der Waals surface area (Å²) in [5.74, 6) is 1.89. The van der Waals surface area contributed by atoms with E-state index in [1.165, 1.54) is 41.9 Å². The van der Waals surface area contributed by atoms with Gasteiger partial charge in [-0.05, 0) is 45.3 Å². The smallest absolute Gasteiger partial charge is 0.164 e. The van der Waals surface area contributed by atoms with Crippen molar-refractivity contribution in [3.63, 3.8) is 0 Å². The summed E-state index contributed by atoms with van der Waals surface area (Å²) in [5.41, 5.74) is 8.02. The van der Waals surface area contributed by atoms with E-state index in [0.29, 0.717) is 17.5 Å². The maximum Gasteiger partial charge on any atom is 0.164 e. The summed E-state index contributed by atoms with van der Waals surface area (Å²) >= 11 is 1.84. The predicted octanol–water partition coefficient (Wildman–Crippen LogP) is 13.4. The van der Waals surface area contributed by atoms with Crippen LogP contribution < -0.4 is 0 Å². The number of nitrogens with zero attached hydrogens (tertiary/aromatic N) is 4. The third-order valence-corrected chi connectivity index (χ3v) is 11.7.